The smallest absolute Gasteiger partial charge is 0.269 e. The Morgan fingerprint density at radius 2 is 1.85 bits per heavy atom. The molecule has 0 saturated heterocycles. The molecule has 0 aliphatic heterocycles. The van der Waals surface area contributed by atoms with Crippen LogP contribution < -0.4 is 20.9 Å². The van der Waals surface area contributed by atoms with E-state index < -0.39 is 17.5 Å². The lowest BCUT2D eigenvalue weighted by atomic mass is 10.0. The largest absolute Gasteiger partial charge is 0.495 e. The van der Waals surface area contributed by atoms with E-state index in [1.54, 1.807) is 41.4 Å². The number of amides is 2. The van der Waals surface area contributed by atoms with Gasteiger partial charge in [-0.25, -0.2) is 9.97 Å². The van der Waals surface area contributed by atoms with E-state index in [0.717, 1.165) is 0 Å². The second kappa shape index (κ2) is 12.8. The van der Waals surface area contributed by atoms with Gasteiger partial charge in [-0.15, -0.1) is 0 Å². The molecule has 1 aromatic carbocycles. The highest BCUT2D eigenvalue weighted by Crippen LogP contribution is 2.36. The van der Waals surface area contributed by atoms with Crippen molar-refractivity contribution in [2.75, 3.05) is 33.2 Å². The van der Waals surface area contributed by atoms with Gasteiger partial charge in [0.2, 0.25) is 5.91 Å². The van der Waals surface area contributed by atoms with Gasteiger partial charge in [-0.1, -0.05) is 23.2 Å². The highest BCUT2D eigenvalue weighted by molar-refractivity contribution is 6.31. The first-order chi connectivity index (χ1) is 19.2. The lowest BCUT2D eigenvalue weighted by Gasteiger charge is -2.21. The van der Waals surface area contributed by atoms with Crippen molar-refractivity contribution in [1.82, 2.24) is 24.4 Å². The van der Waals surface area contributed by atoms with Crippen LogP contribution in [0.3, 0.4) is 0 Å². The van der Waals surface area contributed by atoms with Crippen molar-refractivity contribution < 1.29 is 19.1 Å². The van der Waals surface area contributed by atoms with Crippen molar-refractivity contribution in [3.05, 3.63) is 87.5 Å². The quantitative estimate of drug-likeness (QED) is 0.288. The molecule has 4 aromatic rings. The van der Waals surface area contributed by atoms with Gasteiger partial charge in [0.1, 0.15) is 29.0 Å². The number of halogens is 2. The van der Waals surface area contributed by atoms with Crippen LogP contribution in [0.5, 0.6) is 5.75 Å². The van der Waals surface area contributed by atoms with Crippen LogP contribution in [-0.4, -0.2) is 58.8 Å². The molecule has 0 radical (unpaired) electrons. The monoisotopic (exact) mass is 584 g/mol. The number of ether oxygens (including phenoxy) is 2. The van der Waals surface area contributed by atoms with Crippen LogP contribution in [0.2, 0.25) is 10.2 Å². The third-order valence-corrected chi connectivity index (χ3v) is 6.50. The molecule has 0 aliphatic carbocycles. The maximum absolute atomic E-state index is 13.5. The van der Waals surface area contributed by atoms with Crippen molar-refractivity contribution in [2.45, 2.75) is 12.5 Å². The average molecular weight is 585 g/mol. The molecule has 3 aromatic heterocycles. The third kappa shape index (κ3) is 6.33. The van der Waals surface area contributed by atoms with E-state index in [4.69, 9.17) is 32.7 Å². The van der Waals surface area contributed by atoms with Gasteiger partial charge in [0, 0.05) is 55.6 Å². The van der Waals surface area contributed by atoms with E-state index in [1.807, 2.05) is 0 Å². The molecule has 3 heterocycles. The van der Waals surface area contributed by atoms with Crippen LogP contribution in [0, 0.1) is 0 Å². The zero-order valence-electron chi connectivity index (χ0n) is 21.9. The van der Waals surface area contributed by atoms with Crippen LogP contribution in [0.4, 0.5) is 5.69 Å². The molecule has 40 heavy (non-hydrogen) atoms. The number of nitrogens with zero attached hydrogens (tertiary/aromatic N) is 4. The molecule has 0 aliphatic rings. The van der Waals surface area contributed by atoms with Crippen molar-refractivity contribution >= 4 is 40.7 Å². The summed E-state index contributed by atoms with van der Waals surface area (Å²) in [4.78, 5) is 46.8. The van der Waals surface area contributed by atoms with Crippen LogP contribution in [-0.2, 0) is 9.53 Å². The van der Waals surface area contributed by atoms with Gasteiger partial charge in [-0.05, 0) is 30.3 Å². The highest BCUT2D eigenvalue weighted by Gasteiger charge is 2.24. The average Bonchev–Trinajstić information content (AvgIpc) is 3.39. The SMILES string of the molecule is CNC(=O)c1ccc(NC(=O)C(CCOC)n2cc(OC)c(-c3cc(Cl)ccc3-n3cnc(Cl)c3)cc2=O)cn1. The van der Waals surface area contributed by atoms with Gasteiger partial charge in [-0.3, -0.25) is 19.0 Å². The minimum Gasteiger partial charge on any atom is -0.495 e. The highest BCUT2D eigenvalue weighted by atomic mass is 35.5. The Labute approximate surface area is 239 Å². The van der Waals surface area contributed by atoms with Gasteiger partial charge in [0.25, 0.3) is 11.5 Å². The number of benzene rings is 1. The number of anilines is 1. The third-order valence-electron chi connectivity index (χ3n) is 6.07. The van der Waals surface area contributed by atoms with E-state index in [2.05, 4.69) is 20.6 Å². The summed E-state index contributed by atoms with van der Waals surface area (Å²) in [6.45, 7) is 0.211. The summed E-state index contributed by atoms with van der Waals surface area (Å²) in [5, 5.41) is 5.99. The van der Waals surface area contributed by atoms with E-state index in [1.165, 1.54) is 50.4 Å². The van der Waals surface area contributed by atoms with Crippen LogP contribution in [0.15, 0.2) is 66.1 Å². The molecular weight excluding hydrogens is 559 g/mol. The first-order valence-electron chi connectivity index (χ1n) is 12.0. The minimum absolute atomic E-state index is 0.199. The number of hydrogen-bond acceptors (Lipinski definition) is 7. The number of hydrogen-bond donors (Lipinski definition) is 2. The summed E-state index contributed by atoms with van der Waals surface area (Å²) in [6.07, 6.45) is 6.22. The standard InChI is InChI=1S/C27H26Cl2N6O5/c1-30-26(37)20-6-5-17(12-31-20)33-27(38)22(8-9-39-2)35-13-23(40-3)19(11-25(35)36)18-10-16(28)4-7-21(18)34-14-24(29)32-15-34/h4-7,10-15,22H,8-9H2,1-3H3,(H,30,37)(H,33,38). The fourth-order valence-corrected chi connectivity index (χ4v) is 4.43. The van der Waals surface area contributed by atoms with Gasteiger partial charge >= 0.3 is 0 Å². The van der Waals surface area contributed by atoms with E-state index in [9.17, 15) is 14.4 Å². The summed E-state index contributed by atoms with van der Waals surface area (Å²) in [6, 6.07) is 8.68. The van der Waals surface area contributed by atoms with E-state index >= 15 is 0 Å². The number of pyridine rings is 2. The maximum atomic E-state index is 13.5. The summed E-state index contributed by atoms with van der Waals surface area (Å²) < 4.78 is 13.9. The number of carbonyl (C=O) groups excluding carboxylic acids is 2. The number of aromatic nitrogens is 4. The van der Waals surface area contributed by atoms with Gasteiger partial charge in [0.15, 0.2) is 0 Å². The van der Waals surface area contributed by atoms with E-state index in [-0.39, 0.29) is 24.6 Å². The molecule has 2 amide bonds. The van der Waals surface area contributed by atoms with Crippen molar-refractivity contribution in [3.8, 4) is 22.6 Å². The first kappa shape index (κ1) is 28.8. The van der Waals surface area contributed by atoms with Crippen LogP contribution in [0.25, 0.3) is 16.8 Å². The van der Waals surface area contributed by atoms with Gasteiger partial charge in [0.05, 0.1) is 30.9 Å². The normalized spacial score (nSPS) is 11.6. The van der Waals surface area contributed by atoms with Crippen molar-refractivity contribution in [3.63, 3.8) is 0 Å². The number of nitrogens with one attached hydrogen (secondary N) is 2. The van der Waals surface area contributed by atoms with Crippen LogP contribution >= 0.6 is 23.2 Å². The Morgan fingerprint density at radius 1 is 1.05 bits per heavy atom. The molecule has 0 spiro atoms. The molecule has 0 bridgehead atoms. The van der Waals surface area contributed by atoms with Crippen molar-refractivity contribution in [1.29, 1.82) is 0 Å². The Hall–Kier alpha value is -4.19. The zero-order chi connectivity index (χ0) is 28.8. The number of rotatable bonds is 10. The molecule has 11 nitrogen and oxygen atoms in total. The second-order valence-corrected chi connectivity index (χ2v) is 9.39. The molecule has 4 rings (SSSR count). The zero-order valence-corrected chi connectivity index (χ0v) is 23.4. The first-order valence-corrected chi connectivity index (χ1v) is 12.8. The second-order valence-electron chi connectivity index (χ2n) is 8.56. The van der Waals surface area contributed by atoms with Crippen molar-refractivity contribution in [2.24, 2.45) is 0 Å². The lowest BCUT2D eigenvalue weighted by Crippen LogP contribution is -2.34. The Morgan fingerprint density at radius 3 is 2.48 bits per heavy atom. The summed E-state index contributed by atoms with van der Waals surface area (Å²) >= 11 is 12.3. The maximum Gasteiger partial charge on any atom is 0.269 e. The van der Waals surface area contributed by atoms with E-state index in [0.29, 0.717) is 38.4 Å². The fourth-order valence-electron chi connectivity index (χ4n) is 4.11. The number of imidazole rings is 1. The molecule has 2 N–H and O–H groups in total. The fraction of sp³-hybridized carbons (Fsp3) is 0.222. The molecule has 208 valence electrons. The Bertz CT molecular complexity index is 1590. The predicted molar refractivity (Wildman–Crippen MR) is 152 cm³/mol. The lowest BCUT2D eigenvalue weighted by molar-refractivity contribution is -0.119. The van der Waals surface area contributed by atoms with Gasteiger partial charge in [-0.2, -0.15) is 0 Å². The predicted octanol–water partition coefficient (Wildman–Crippen LogP) is 3.99. The van der Waals surface area contributed by atoms with Gasteiger partial charge < -0.3 is 24.7 Å². The Balaban J connectivity index is 1.73. The number of carbonyl (C=O) groups is 2. The molecule has 1 unspecified atom stereocenters. The topological polar surface area (TPSA) is 129 Å². The van der Waals surface area contributed by atoms with Crippen LogP contribution in [0.1, 0.15) is 23.0 Å². The number of methoxy groups -OCH3 is 2. The summed E-state index contributed by atoms with van der Waals surface area (Å²) in [7, 11) is 4.47. The summed E-state index contributed by atoms with van der Waals surface area (Å²) in [5.74, 6) is -0.491. The molecule has 13 heteroatoms. The minimum atomic E-state index is -0.944. The molecule has 0 fully saturated rings. The summed E-state index contributed by atoms with van der Waals surface area (Å²) in [5.41, 5.74) is 1.84. The molecular formula is C27H26Cl2N6O5. The molecule has 1 atom stereocenters. The Kier molecular flexibility index (Phi) is 9.20. The molecule has 0 saturated carbocycles.